The van der Waals surface area contributed by atoms with Gasteiger partial charge >= 0.3 is 0 Å². The van der Waals surface area contributed by atoms with Gasteiger partial charge in [0.05, 0.1) is 5.52 Å². The molecule has 0 fully saturated rings. The third-order valence-corrected chi connectivity index (χ3v) is 3.54. The maximum absolute atomic E-state index is 4.51. The Morgan fingerprint density at radius 2 is 1.95 bits per heavy atom. The van der Waals surface area contributed by atoms with Gasteiger partial charge in [0.1, 0.15) is 24.5 Å². The lowest BCUT2D eigenvalue weighted by Crippen LogP contribution is -2.33. The summed E-state index contributed by atoms with van der Waals surface area (Å²) in [6.07, 6.45) is 8.25. The van der Waals surface area contributed by atoms with Gasteiger partial charge in [-0.2, -0.15) is 0 Å². The quantitative estimate of drug-likeness (QED) is 0.653. The fourth-order valence-corrected chi connectivity index (χ4v) is 2.38. The highest BCUT2D eigenvalue weighted by molar-refractivity contribution is 5.81. The van der Waals surface area contributed by atoms with Crippen LogP contribution in [-0.2, 0) is 12.1 Å². The molecule has 3 rings (SSSR count). The van der Waals surface area contributed by atoms with Crippen LogP contribution in [0.25, 0.3) is 10.9 Å². The van der Waals surface area contributed by atoms with E-state index in [0.717, 1.165) is 12.1 Å². The van der Waals surface area contributed by atoms with E-state index in [-0.39, 0.29) is 5.54 Å². The average molecular weight is 266 g/mol. The van der Waals surface area contributed by atoms with Gasteiger partial charge in [-0.05, 0) is 26.8 Å². The van der Waals surface area contributed by atoms with Crippen LogP contribution >= 0.6 is 0 Å². The summed E-state index contributed by atoms with van der Waals surface area (Å²) in [6.45, 7) is 7.46. The number of pyridine rings is 1. The number of para-hydroxylation sites is 1. The predicted molar refractivity (Wildman–Crippen MR) is 80.5 cm³/mol. The minimum atomic E-state index is 0.113. The summed E-state index contributed by atoms with van der Waals surface area (Å²) in [5.74, 6) is 0. The average Bonchev–Trinajstić information content (AvgIpc) is 2.88. The molecule has 0 aliphatic carbocycles. The van der Waals surface area contributed by atoms with Crippen LogP contribution in [0.4, 0.5) is 0 Å². The van der Waals surface area contributed by atoms with Gasteiger partial charge in [0.15, 0.2) is 0 Å². The van der Waals surface area contributed by atoms with Crippen LogP contribution in [0.1, 0.15) is 26.3 Å². The van der Waals surface area contributed by atoms with Gasteiger partial charge in [-0.1, -0.05) is 24.3 Å². The number of rotatable bonds is 2. The lowest BCUT2D eigenvalue weighted by atomic mass is 10.1. The highest BCUT2D eigenvalue weighted by Crippen LogP contribution is 2.16. The van der Waals surface area contributed by atoms with Gasteiger partial charge in [0.2, 0.25) is 6.33 Å². The van der Waals surface area contributed by atoms with Crippen LogP contribution in [0, 0.1) is 0 Å². The first-order chi connectivity index (χ1) is 9.54. The summed E-state index contributed by atoms with van der Waals surface area (Å²) >= 11 is 0. The third-order valence-electron chi connectivity index (χ3n) is 3.54. The molecule has 0 bridgehead atoms. The van der Waals surface area contributed by atoms with Crippen LogP contribution in [0.15, 0.2) is 55.2 Å². The van der Waals surface area contributed by atoms with E-state index in [1.165, 1.54) is 10.9 Å². The molecule has 102 valence electrons. The minimum absolute atomic E-state index is 0.113. The molecule has 0 N–H and O–H groups in total. The highest BCUT2D eigenvalue weighted by atomic mass is 15.1. The molecule has 3 nitrogen and oxygen atoms in total. The first-order valence-electron chi connectivity index (χ1n) is 6.94. The number of benzene rings is 1. The molecule has 2 heterocycles. The normalized spacial score (nSPS) is 11.9. The molecule has 0 spiro atoms. The number of aromatic nitrogens is 3. The fourth-order valence-electron chi connectivity index (χ4n) is 2.38. The van der Waals surface area contributed by atoms with Gasteiger partial charge in [0.25, 0.3) is 0 Å². The third kappa shape index (κ3) is 2.44. The Kier molecular flexibility index (Phi) is 3.05. The van der Waals surface area contributed by atoms with E-state index >= 15 is 0 Å². The zero-order chi connectivity index (χ0) is 14.2. The van der Waals surface area contributed by atoms with Gasteiger partial charge in [-0.3, -0.25) is 4.98 Å². The Morgan fingerprint density at radius 3 is 2.70 bits per heavy atom. The van der Waals surface area contributed by atoms with E-state index in [4.69, 9.17) is 0 Å². The van der Waals surface area contributed by atoms with Gasteiger partial charge < -0.3 is 0 Å². The second-order valence-corrected chi connectivity index (χ2v) is 6.16. The smallest absolute Gasteiger partial charge is 0.244 e. The van der Waals surface area contributed by atoms with Crippen LogP contribution in [0.5, 0.6) is 0 Å². The molecule has 0 atom stereocenters. The Hall–Kier alpha value is -2.16. The summed E-state index contributed by atoms with van der Waals surface area (Å²) in [6, 6.07) is 10.4. The molecule has 0 aliphatic heterocycles. The first-order valence-corrected chi connectivity index (χ1v) is 6.94. The van der Waals surface area contributed by atoms with Crippen molar-refractivity contribution < 1.29 is 4.57 Å². The van der Waals surface area contributed by atoms with Gasteiger partial charge in [-0.25, -0.2) is 9.13 Å². The second kappa shape index (κ2) is 4.75. The number of hydrogen-bond acceptors (Lipinski definition) is 1. The Balaban J connectivity index is 1.96. The zero-order valence-corrected chi connectivity index (χ0v) is 12.2. The largest absolute Gasteiger partial charge is 0.256 e. The Morgan fingerprint density at radius 1 is 1.15 bits per heavy atom. The van der Waals surface area contributed by atoms with E-state index in [1.807, 2.05) is 12.3 Å². The number of nitrogens with zero attached hydrogens (tertiary/aromatic N) is 3. The Bertz CT molecular complexity index is 730. The van der Waals surface area contributed by atoms with E-state index in [1.54, 1.807) is 0 Å². The molecular weight excluding hydrogens is 246 g/mol. The van der Waals surface area contributed by atoms with Crippen molar-refractivity contribution in [2.24, 2.45) is 0 Å². The zero-order valence-electron chi connectivity index (χ0n) is 12.2. The van der Waals surface area contributed by atoms with E-state index in [2.05, 4.69) is 77.9 Å². The molecule has 0 unspecified atom stereocenters. The van der Waals surface area contributed by atoms with Crippen molar-refractivity contribution in [2.75, 3.05) is 0 Å². The minimum Gasteiger partial charge on any atom is -0.256 e. The molecule has 3 heteroatoms. The lowest BCUT2D eigenvalue weighted by molar-refractivity contribution is -0.687. The second-order valence-electron chi connectivity index (χ2n) is 6.16. The van der Waals surface area contributed by atoms with Crippen LogP contribution in [-0.4, -0.2) is 9.55 Å². The summed E-state index contributed by atoms with van der Waals surface area (Å²) in [5.41, 5.74) is 2.45. The SMILES string of the molecule is CC(C)(C)n1cc[n+](Cc2cccc3cccnc23)c1. The van der Waals surface area contributed by atoms with Crippen molar-refractivity contribution >= 4 is 10.9 Å². The van der Waals surface area contributed by atoms with E-state index in [0.29, 0.717) is 0 Å². The van der Waals surface area contributed by atoms with Gasteiger partial charge in [-0.15, -0.1) is 0 Å². The predicted octanol–water partition coefficient (Wildman–Crippen LogP) is 3.13. The number of imidazole rings is 1. The number of fused-ring (bicyclic) bond motifs is 1. The highest BCUT2D eigenvalue weighted by Gasteiger charge is 2.19. The lowest BCUT2D eigenvalue weighted by Gasteiger charge is -2.13. The fraction of sp³-hybridized carbons (Fsp3) is 0.294. The monoisotopic (exact) mass is 266 g/mol. The summed E-state index contributed by atoms with van der Waals surface area (Å²) < 4.78 is 4.43. The van der Waals surface area contributed by atoms with E-state index in [9.17, 15) is 0 Å². The molecule has 3 aromatic rings. The molecular formula is C17H20N3+. The molecule has 0 saturated carbocycles. The summed E-state index contributed by atoms with van der Waals surface area (Å²) in [7, 11) is 0. The van der Waals surface area contributed by atoms with Crippen molar-refractivity contribution in [3.8, 4) is 0 Å². The number of hydrogen-bond donors (Lipinski definition) is 0. The molecule has 20 heavy (non-hydrogen) atoms. The first kappa shape index (κ1) is 12.9. The molecule has 0 aliphatic rings. The maximum atomic E-state index is 4.51. The molecule has 2 aromatic heterocycles. The summed E-state index contributed by atoms with van der Waals surface area (Å²) in [5, 5.41) is 1.20. The van der Waals surface area contributed by atoms with Crippen molar-refractivity contribution in [3.63, 3.8) is 0 Å². The van der Waals surface area contributed by atoms with Crippen molar-refractivity contribution in [1.29, 1.82) is 0 Å². The van der Waals surface area contributed by atoms with Crippen LogP contribution in [0.3, 0.4) is 0 Å². The van der Waals surface area contributed by atoms with Crippen molar-refractivity contribution in [2.45, 2.75) is 32.9 Å². The maximum Gasteiger partial charge on any atom is 0.244 e. The van der Waals surface area contributed by atoms with Crippen molar-refractivity contribution in [1.82, 2.24) is 9.55 Å². The Labute approximate surface area is 119 Å². The van der Waals surface area contributed by atoms with Crippen LogP contribution < -0.4 is 4.57 Å². The molecule has 0 amide bonds. The molecule has 0 saturated heterocycles. The standard InChI is InChI=1S/C17H20N3/c1-17(2,3)20-11-10-19(13-20)12-15-7-4-6-14-8-5-9-18-16(14)15/h4-11,13H,12H2,1-3H3/q+1. The van der Waals surface area contributed by atoms with Crippen molar-refractivity contribution in [3.05, 3.63) is 60.8 Å². The summed E-state index contributed by atoms with van der Waals surface area (Å²) in [4.78, 5) is 4.51. The van der Waals surface area contributed by atoms with Crippen LogP contribution in [0.2, 0.25) is 0 Å². The molecule has 0 radical (unpaired) electrons. The van der Waals surface area contributed by atoms with E-state index < -0.39 is 0 Å². The molecule has 1 aromatic carbocycles. The van der Waals surface area contributed by atoms with Gasteiger partial charge in [0, 0.05) is 17.1 Å². The topological polar surface area (TPSA) is 21.7 Å².